The van der Waals surface area contributed by atoms with Crippen LogP contribution in [0, 0.1) is 11.6 Å². The van der Waals surface area contributed by atoms with Gasteiger partial charge in [-0.05, 0) is 67.6 Å². The second-order valence-electron chi connectivity index (χ2n) is 14.2. The number of hydrogen-bond acceptors (Lipinski definition) is 8. The van der Waals surface area contributed by atoms with Gasteiger partial charge in [0.15, 0.2) is 5.82 Å². The molecule has 0 aliphatic carbocycles. The van der Waals surface area contributed by atoms with Gasteiger partial charge in [-0.2, -0.15) is 9.97 Å². The van der Waals surface area contributed by atoms with Crippen molar-refractivity contribution in [3.05, 3.63) is 65.9 Å². The van der Waals surface area contributed by atoms with Crippen LogP contribution in [-0.4, -0.2) is 101 Å². The van der Waals surface area contributed by atoms with Gasteiger partial charge in [-0.15, -0.1) is 0 Å². The Labute approximate surface area is 289 Å². The predicted molar refractivity (Wildman–Crippen MR) is 187 cm³/mol. The van der Waals surface area contributed by atoms with Gasteiger partial charge < -0.3 is 19.9 Å². The molecule has 1 amide bonds. The van der Waals surface area contributed by atoms with Crippen molar-refractivity contribution in [3.8, 4) is 17.3 Å². The fraction of sp³-hybridized carbons (Fsp3) is 0.474. The normalized spacial score (nSPS) is 25.1. The lowest BCUT2D eigenvalue weighted by Gasteiger charge is -2.31. The smallest absolute Gasteiger partial charge is 0.319 e. The van der Waals surface area contributed by atoms with Crippen LogP contribution in [0.1, 0.15) is 44.6 Å². The van der Waals surface area contributed by atoms with Gasteiger partial charge in [0.05, 0.1) is 10.9 Å². The lowest BCUT2D eigenvalue weighted by Crippen LogP contribution is -2.43. The Morgan fingerprint density at radius 3 is 2.82 bits per heavy atom. The molecule has 4 aliphatic heterocycles. The van der Waals surface area contributed by atoms with E-state index in [0.717, 1.165) is 37.7 Å². The number of amides is 1. The number of pyridine rings is 1. The summed E-state index contributed by atoms with van der Waals surface area (Å²) < 4.78 is 52.8. The van der Waals surface area contributed by atoms with Crippen LogP contribution < -0.4 is 15.0 Å². The van der Waals surface area contributed by atoms with E-state index in [4.69, 9.17) is 9.72 Å². The number of halogens is 3. The highest BCUT2D eigenvalue weighted by Gasteiger charge is 2.49. The molecule has 4 fully saturated rings. The highest BCUT2D eigenvalue weighted by atomic mass is 19.1. The van der Waals surface area contributed by atoms with Crippen molar-refractivity contribution in [1.82, 2.24) is 30.1 Å². The fourth-order valence-corrected chi connectivity index (χ4v) is 8.37. The molecule has 50 heavy (non-hydrogen) atoms. The first-order valence-electron chi connectivity index (χ1n) is 17.8. The Morgan fingerprint density at radius 1 is 1.16 bits per heavy atom. The van der Waals surface area contributed by atoms with E-state index in [1.807, 2.05) is 42.0 Å². The molecule has 4 aliphatic rings. The van der Waals surface area contributed by atoms with E-state index in [1.54, 1.807) is 24.4 Å². The average Bonchev–Trinajstić information content (AvgIpc) is 3.81. The molecule has 1 N–H and O–H groups in total. The summed E-state index contributed by atoms with van der Waals surface area (Å²) in [6, 6.07) is 8.73. The van der Waals surface area contributed by atoms with Gasteiger partial charge in [-0.3, -0.25) is 14.7 Å². The summed E-state index contributed by atoms with van der Waals surface area (Å²) in [5.74, 6) is -0.612. The maximum absolute atomic E-state index is 16.9. The standard InChI is InChI=1S/C38H42F3N7O2/c1-3-27-30(40)10-8-23-6-4-7-28(32(23)27)34-33(41)35-29(19-43-34)36(45-37(44-35)50-22-38-14-5-16-48(38)20-24(39)18-38)46(2)26-13-17-47(21-26)31(49)11-9-25-12-15-42-25/h4,6-11,19,24-26,42H,3,5,12-18,20-22H2,1-2H3/b11-9+/t24-,25+,26-,38+/m1/s1. The molecule has 9 nitrogen and oxygen atoms in total. The second kappa shape index (κ2) is 13.1. The van der Waals surface area contributed by atoms with E-state index in [-0.39, 0.29) is 47.6 Å². The summed E-state index contributed by atoms with van der Waals surface area (Å²) in [5, 5.41) is 5.07. The van der Waals surface area contributed by atoms with E-state index in [2.05, 4.69) is 20.2 Å². The number of benzene rings is 2. The van der Waals surface area contributed by atoms with E-state index in [0.29, 0.717) is 66.6 Å². The number of likely N-dealkylation sites (tertiary alicyclic amines) is 1. The number of alkyl halides is 1. The summed E-state index contributed by atoms with van der Waals surface area (Å²) in [5.41, 5.74) is 0.623. The zero-order valence-electron chi connectivity index (χ0n) is 28.5. The number of hydrogen-bond donors (Lipinski definition) is 1. The molecule has 262 valence electrons. The number of rotatable bonds is 9. The third-order valence-electron chi connectivity index (χ3n) is 11.3. The van der Waals surface area contributed by atoms with Crippen molar-refractivity contribution in [2.24, 2.45) is 0 Å². The number of aryl methyl sites for hydroxylation is 1. The molecule has 0 saturated carbocycles. The molecule has 4 saturated heterocycles. The molecule has 4 atom stereocenters. The largest absolute Gasteiger partial charge is 0.461 e. The highest BCUT2D eigenvalue weighted by Crippen LogP contribution is 2.41. The molecular formula is C38H42F3N7O2. The Balaban J connectivity index is 1.17. The van der Waals surface area contributed by atoms with Crippen LogP contribution in [0.2, 0.25) is 0 Å². The third-order valence-corrected chi connectivity index (χ3v) is 11.3. The van der Waals surface area contributed by atoms with E-state index >= 15 is 8.78 Å². The highest BCUT2D eigenvalue weighted by molar-refractivity contribution is 6.01. The molecule has 0 bridgehead atoms. The van der Waals surface area contributed by atoms with Crippen LogP contribution in [0.3, 0.4) is 0 Å². The Hall–Kier alpha value is -4.29. The lowest BCUT2D eigenvalue weighted by molar-refractivity contribution is -0.125. The summed E-state index contributed by atoms with van der Waals surface area (Å²) in [6.07, 6.45) is 8.52. The summed E-state index contributed by atoms with van der Waals surface area (Å²) in [6.45, 7) is 5.29. The second-order valence-corrected chi connectivity index (χ2v) is 14.2. The summed E-state index contributed by atoms with van der Waals surface area (Å²) in [4.78, 5) is 33.0. The molecule has 0 unspecified atom stereocenters. The van der Waals surface area contributed by atoms with Crippen molar-refractivity contribution < 1.29 is 22.7 Å². The number of likely N-dealkylation sites (N-methyl/N-ethyl adjacent to an activating group) is 1. The van der Waals surface area contributed by atoms with Gasteiger partial charge in [-0.1, -0.05) is 37.3 Å². The van der Waals surface area contributed by atoms with E-state index < -0.39 is 17.5 Å². The first-order valence-corrected chi connectivity index (χ1v) is 17.8. The van der Waals surface area contributed by atoms with Crippen molar-refractivity contribution in [3.63, 3.8) is 0 Å². The topological polar surface area (TPSA) is 86.7 Å². The number of ether oxygens (including phenoxy) is 1. The SMILES string of the molecule is CCc1c(F)ccc2cccc(-c3ncc4c(N(C)[C@@H]5CCN(C(=O)/C=C/[C@H]6CCN6)C5)nc(OC[C@@]56CCCN5C[C@H](F)C6)nc4c3F)c12. The summed E-state index contributed by atoms with van der Waals surface area (Å²) >= 11 is 0. The van der Waals surface area contributed by atoms with Crippen molar-refractivity contribution in [1.29, 1.82) is 0 Å². The predicted octanol–water partition coefficient (Wildman–Crippen LogP) is 5.60. The molecule has 2 aromatic carbocycles. The lowest BCUT2D eigenvalue weighted by atomic mass is 9.95. The van der Waals surface area contributed by atoms with Crippen LogP contribution in [0.15, 0.2) is 48.7 Å². The number of carbonyl (C=O) groups is 1. The number of nitrogens with zero attached hydrogens (tertiary/aromatic N) is 6. The number of fused-ring (bicyclic) bond motifs is 3. The Morgan fingerprint density at radius 2 is 2.02 bits per heavy atom. The zero-order chi connectivity index (χ0) is 34.6. The van der Waals surface area contributed by atoms with Crippen molar-refractivity contribution in [2.75, 3.05) is 51.3 Å². The molecule has 4 aromatic rings. The molecule has 2 aromatic heterocycles. The van der Waals surface area contributed by atoms with Crippen molar-refractivity contribution in [2.45, 2.75) is 69.2 Å². The van der Waals surface area contributed by atoms with Gasteiger partial charge >= 0.3 is 6.01 Å². The molecule has 6 heterocycles. The maximum Gasteiger partial charge on any atom is 0.319 e. The van der Waals surface area contributed by atoms with Gasteiger partial charge in [0.2, 0.25) is 5.91 Å². The Kier molecular flexibility index (Phi) is 8.63. The quantitative estimate of drug-likeness (QED) is 0.228. The number of nitrogens with one attached hydrogen (secondary N) is 1. The van der Waals surface area contributed by atoms with Crippen molar-refractivity contribution >= 4 is 33.4 Å². The minimum Gasteiger partial charge on any atom is -0.461 e. The van der Waals surface area contributed by atoms with Crippen LogP contribution in [0.25, 0.3) is 32.9 Å². The molecule has 0 radical (unpaired) electrons. The molecule has 8 rings (SSSR count). The number of carbonyl (C=O) groups excluding carboxylic acids is 1. The van der Waals surface area contributed by atoms with Gasteiger partial charge in [0, 0.05) is 63.0 Å². The minimum atomic E-state index is -0.921. The van der Waals surface area contributed by atoms with Crippen LogP contribution in [0.4, 0.5) is 19.0 Å². The van der Waals surface area contributed by atoms with E-state index in [1.165, 1.54) is 6.07 Å². The average molecular weight is 686 g/mol. The van der Waals surface area contributed by atoms with Crippen LogP contribution in [-0.2, 0) is 11.2 Å². The minimum absolute atomic E-state index is 0.000921. The van der Waals surface area contributed by atoms with E-state index in [9.17, 15) is 9.18 Å². The Bertz CT molecular complexity index is 1990. The summed E-state index contributed by atoms with van der Waals surface area (Å²) in [7, 11) is 1.88. The maximum atomic E-state index is 16.9. The number of anilines is 1. The van der Waals surface area contributed by atoms with Crippen LogP contribution in [0.5, 0.6) is 6.01 Å². The number of aromatic nitrogens is 3. The molecule has 0 spiro atoms. The van der Waals surface area contributed by atoms with Gasteiger partial charge in [0.25, 0.3) is 0 Å². The zero-order valence-corrected chi connectivity index (χ0v) is 28.5. The van der Waals surface area contributed by atoms with Crippen LogP contribution >= 0.6 is 0 Å². The fourth-order valence-electron chi connectivity index (χ4n) is 8.37. The molecular weight excluding hydrogens is 643 g/mol. The first kappa shape index (κ1) is 32.9. The van der Waals surface area contributed by atoms with Gasteiger partial charge in [-0.25, -0.2) is 13.2 Å². The first-order chi connectivity index (χ1) is 24.2. The monoisotopic (exact) mass is 685 g/mol. The molecule has 12 heteroatoms. The third kappa shape index (κ3) is 5.75. The van der Waals surface area contributed by atoms with Gasteiger partial charge in [0.1, 0.15) is 35.6 Å².